The molecule has 40 heavy (non-hydrogen) atoms. The Kier molecular flexibility index (Phi) is 6.86. The summed E-state index contributed by atoms with van der Waals surface area (Å²) >= 11 is 1.65. The van der Waals surface area contributed by atoms with Gasteiger partial charge in [-0.1, -0.05) is 6.07 Å². The summed E-state index contributed by atoms with van der Waals surface area (Å²) in [5.41, 5.74) is 3.82. The lowest BCUT2D eigenvalue weighted by molar-refractivity contribution is -0.127. The molecule has 7 rings (SSSR count). The van der Waals surface area contributed by atoms with Crippen molar-refractivity contribution in [3.63, 3.8) is 0 Å². The Hall–Kier alpha value is -3.90. The van der Waals surface area contributed by atoms with Crippen molar-refractivity contribution in [3.8, 4) is 17.2 Å². The van der Waals surface area contributed by atoms with Gasteiger partial charge in [-0.05, 0) is 42.0 Å². The molecular weight excluding hydrogens is 528 g/mol. The van der Waals surface area contributed by atoms with E-state index < -0.39 is 0 Å². The van der Waals surface area contributed by atoms with Crippen LogP contribution in [0.5, 0.6) is 11.5 Å². The van der Waals surface area contributed by atoms with Gasteiger partial charge < -0.3 is 24.6 Å². The van der Waals surface area contributed by atoms with Crippen molar-refractivity contribution in [2.75, 3.05) is 62.8 Å². The number of thiophene rings is 1. The maximum absolute atomic E-state index is 12.0. The number of benzene rings is 1. The molecule has 0 unspecified atom stereocenters. The third-order valence-electron chi connectivity index (χ3n) is 7.74. The molecule has 3 aliphatic rings. The van der Waals surface area contributed by atoms with Crippen molar-refractivity contribution in [2.24, 2.45) is 0 Å². The Morgan fingerprint density at radius 3 is 2.75 bits per heavy atom. The number of fused-ring (bicyclic) bond motifs is 2. The first kappa shape index (κ1) is 25.1. The summed E-state index contributed by atoms with van der Waals surface area (Å²) in [5.74, 6) is 3.36. The van der Waals surface area contributed by atoms with Crippen LogP contribution in [0.2, 0.25) is 0 Å². The van der Waals surface area contributed by atoms with Gasteiger partial charge in [0.15, 0.2) is 28.5 Å². The first-order chi connectivity index (χ1) is 19.7. The molecule has 2 saturated heterocycles. The van der Waals surface area contributed by atoms with E-state index in [4.69, 9.17) is 19.4 Å². The molecule has 0 spiro atoms. The van der Waals surface area contributed by atoms with Crippen LogP contribution in [-0.4, -0.2) is 87.8 Å². The normalized spacial score (nSPS) is 17.4. The maximum atomic E-state index is 12.0. The molecule has 208 valence electrons. The number of aromatic nitrogens is 4. The van der Waals surface area contributed by atoms with Crippen LogP contribution in [0.1, 0.15) is 24.8 Å². The molecule has 3 aliphatic heterocycles. The Labute approximate surface area is 236 Å². The van der Waals surface area contributed by atoms with Crippen molar-refractivity contribution in [1.82, 2.24) is 29.3 Å². The molecule has 1 amide bonds. The zero-order chi connectivity index (χ0) is 26.9. The second kappa shape index (κ2) is 10.9. The Bertz CT molecular complexity index is 1500. The number of likely N-dealkylation sites (tertiary alicyclic amines) is 1. The molecule has 0 aliphatic carbocycles. The van der Waals surface area contributed by atoms with Gasteiger partial charge in [0.25, 0.3) is 0 Å². The molecule has 0 bridgehead atoms. The fourth-order valence-electron chi connectivity index (χ4n) is 5.56. The minimum atomic E-state index is 0.263. The number of amides is 1. The van der Waals surface area contributed by atoms with Gasteiger partial charge in [-0.15, -0.1) is 0 Å². The van der Waals surface area contributed by atoms with E-state index in [-0.39, 0.29) is 5.91 Å². The molecule has 0 saturated carbocycles. The molecule has 1 N–H and O–H groups in total. The first-order valence-electron chi connectivity index (χ1n) is 13.9. The average molecular weight is 561 g/mol. The predicted molar refractivity (Wildman–Crippen MR) is 154 cm³/mol. The van der Waals surface area contributed by atoms with Crippen LogP contribution in [-0.2, 0) is 11.3 Å². The Morgan fingerprint density at radius 1 is 1.02 bits per heavy atom. The van der Waals surface area contributed by atoms with Gasteiger partial charge in [-0.2, -0.15) is 21.3 Å². The van der Waals surface area contributed by atoms with Crippen molar-refractivity contribution in [3.05, 3.63) is 46.9 Å². The van der Waals surface area contributed by atoms with Crippen molar-refractivity contribution < 1.29 is 14.3 Å². The van der Waals surface area contributed by atoms with Crippen LogP contribution in [0.15, 0.2) is 41.4 Å². The molecule has 3 aromatic heterocycles. The number of ether oxygens (including phenoxy) is 2. The molecule has 12 heteroatoms. The molecular formula is C28H32N8O3S. The summed E-state index contributed by atoms with van der Waals surface area (Å²) in [6, 6.07) is 8.25. The zero-order valence-corrected chi connectivity index (χ0v) is 23.1. The summed E-state index contributed by atoms with van der Waals surface area (Å²) in [5, 5.41) is 7.66. The molecule has 11 nitrogen and oxygen atoms in total. The molecule has 6 heterocycles. The second-order valence-electron chi connectivity index (χ2n) is 10.4. The third kappa shape index (κ3) is 5.04. The number of hydrogen-bond donors (Lipinski definition) is 1. The number of carbonyl (C=O) groups is 1. The van der Waals surface area contributed by atoms with Crippen LogP contribution >= 0.6 is 11.3 Å². The summed E-state index contributed by atoms with van der Waals surface area (Å²) in [7, 11) is 0. The molecule has 1 aromatic carbocycles. The van der Waals surface area contributed by atoms with Gasteiger partial charge >= 0.3 is 0 Å². The van der Waals surface area contributed by atoms with Crippen LogP contribution < -0.4 is 19.7 Å². The van der Waals surface area contributed by atoms with E-state index in [0.29, 0.717) is 25.7 Å². The summed E-state index contributed by atoms with van der Waals surface area (Å²) in [6.07, 6.45) is 4.32. The lowest BCUT2D eigenvalue weighted by Gasteiger charge is -2.34. The predicted octanol–water partition coefficient (Wildman–Crippen LogP) is 3.35. The van der Waals surface area contributed by atoms with Crippen LogP contribution in [0.3, 0.4) is 0 Å². The Morgan fingerprint density at radius 2 is 1.93 bits per heavy atom. The van der Waals surface area contributed by atoms with E-state index in [0.717, 1.165) is 92.8 Å². The van der Waals surface area contributed by atoms with Gasteiger partial charge in [0, 0.05) is 64.2 Å². The minimum absolute atomic E-state index is 0.263. The quantitative estimate of drug-likeness (QED) is 0.309. The largest absolute Gasteiger partial charge is 0.454 e. The van der Waals surface area contributed by atoms with E-state index in [1.807, 2.05) is 21.9 Å². The number of imidazole rings is 1. The molecule has 0 atom stereocenters. The van der Waals surface area contributed by atoms with Crippen molar-refractivity contribution in [2.45, 2.75) is 25.8 Å². The van der Waals surface area contributed by atoms with E-state index in [1.54, 1.807) is 11.3 Å². The number of anilines is 2. The third-order valence-corrected chi connectivity index (χ3v) is 8.41. The number of nitrogens with zero attached hydrogens (tertiary/aromatic N) is 7. The number of hydrogen-bond acceptors (Lipinski definition) is 10. The maximum Gasteiger partial charge on any atom is 0.231 e. The fourth-order valence-corrected chi connectivity index (χ4v) is 6.19. The lowest BCUT2D eigenvalue weighted by atomic mass is 10.1. The highest BCUT2D eigenvalue weighted by molar-refractivity contribution is 7.08. The summed E-state index contributed by atoms with van der Waals surface area (Å²) in [4.78, 5) is 33.3. The van der Waals surface area contributed by atoms with Crippen LogP contribution in [0.4, 0.5) is 11.8 Å². The van der Waals surface area contributed by atoms with Crippen molar-refractivity contribution >= 4 is 40.2 Å². The molecule has 0 radical (unpaired) electrons. The van der Waals surface area contributed by atoms with Gasteiger partial charge in [0.05, 0.1) is 5.69 Å². The van der Waals surface area contributed by atoms with E-state index in [2.05, 4.69) is 49.1 Å². The second-order valence-corrected chi connectivity index (χ2v) is 11.1. The standard InChI is InChI=1S/C28H32N8O3S/c37-24-3-1-8-34(24)9-2-7-29-26-25-27(36(18-30-25)21-6-14-40-17-21)32-28(31-26)35-12-10-33(11-13-35)16-20-4-5-22-23(15-20)39-19-38-22/h4-6,14-15,17-18H,1-3,7-13,16,19H2,(H,29,31,32). The van der Waals surface area contributed by atoms with Gasteiger partial charge in [-0.3, -0.25) is 14.3 Å². The van der Waals surface area contributed by atoms with Gasteiger partial charge in [-0.25, -0.2) is 4.98 Å². The number of nitrogens with one attached hydrogen (secondary N) is 1. The average Bonchev–Trinajstić information content (AvgIpc) is 3.79. The van der Waals surface area contributed by atoms with Gasteiger partial charge in [0.2, 0.25) is 18.6 Å². The van der Waals surface area contributed by atoms with Crippen LogP contribution in [0, 0.1) is 0 Å². The van der Waals surface area contributed by atoms with E-state index in [1.165, 1.54) is 5.56 Å². The zero-order valence-electron chi connectivity index (χ0n) is 22.3. The first-order valence-corrected chi connectivity index (χ1v) is 14.8. The minimum Gasteiger partial charge on any atom is -0.454 e. The SMILES string of the molecule is O=C1CCCN1CCCNc1nc(N2CCN(Cc3ccc4c(c3)OCO4)CC2)nc2c1ncn2-c1ccsc1. The smallest absolute Gasteiger partial charge is 0.231 e. The highest BCUT2D eigenvalue weighted by Gasteiger charge is 2.24. The Balaban J connectivity index is 1.06. The summed E-state index contributed by atoms with van der Waals surface area (Å²) < 4.78 is 13.0. The van der Waals surface area contributed by atoms with Crippen LogP contribution in [0.25, 0.3) is 16.9 Å². The highest BCUT2D eigenvalue weighted by atomic mass is 32.1. The lowest BCUT2D eigenvalue weighted by Crippen LogP contribution is -2.46. The van der Waals surface area contributed by atoms with E-state index >= 15 is 0 Å². The fraction of sp³-hybridized carbons (Fsp3) is 0.429. The molecule has 4 aromatic rings. The topological polar surface area (TPSA) is 101 Å². The van der Waals surface area contributed by atoms with E-state index in [9.17, 15) is 4.79 Å². The molecule has 2 fully saturated rings. The summed E-state index contributed by atoms with van der Waals surface area (Å²) in [6.45, 7) is 6.98. The number of piperazine rings is 1. The number of carbonyl (C=O) groups excluding carboxylic acids is 1. The highest BCUT2D eigenvalue weighted by Crippen LogP contribution is 2.33. The van der Waals surface area contributed by atoms with Crippen molar-refractivity contribution in [1.29, 1.82) is 0 Å². The van der Waals surface area contributed by atoms with Gasteiger partial charge in [0.1, 0.15) is 6.33 Å². The number of rotatable bonds is 9. The monoisotopic (exact) mass is 560 g/mol.